The molecular weight excluding hydrogens is 1070 g/mol. The molecule has 14 rings (SSSR count). The van der Waals surface area contributed by atoms with E-state index in [1.807, 2.05) is 72.8 Å². The second-order valence-corrected chi connectivity index (χ2v) is 28.2. The second-order valence-electron chi connectivity index (χ2n) is 28.2. The molecule has 2 aliphatic rings. The quantitative estimate of drug-likeness (QED) is 0.118. The van der Waals surface area contributed by atoms with Gasteiger partial charge in [-0.3, -0.25) is 0 Å². The summed E-state index contributed by atoms with van der Waals surface area (Å²) in [6.45, 7) is 36.4. The molecule has 0 saturated heterocycles. The number of hydrogen-bond acceptors (Lipinski definition) is 5. The van der Waals surface area contributed by atoms with E-state index in [2.05, 4.69) is 248 Å². The highest BCUT2D eigenvalue weighted by Crippen LogP contribution is 2.49. The van der Waals surface area contributed by atoms with Crippen LogP contribution in [0.5, 0.6) is 0 Å². The van der Waals surface area contributed by atoms with Crippen molar-refractivity contribution in [2.75, 3.05) is 9.80 Å². The highest BCUT2D eigenvalue weighted by Gasteiger charge is 2.44. The molecule has 0 bridgehead atoms. The molecule has 2 aliphatic heterocycles. The predicted molar refractivity (Wildman–Crippen MR) is 371 cm³/mol. The minimum absolute atomic E-state index is 0.0383. The highest BCUT2D eigenvalue weighted by atomic mass is 15.2. The van der Waals surface area contributed by atoms with Crippen molar-refractivity contribution >= 4 is 84.7 Å². The molecule has 0 unspecified atom stereocenters. The zero-order valence-electron chi connectivity index (χ0n) is 52.5. The lowest BCUT2D eigenvalue weighted by atomic mass is 9.33. The fourth-order valence-corrected chi connectivity index (χ4v) is 13.1. The Hall–Kier alpha value is -9.84. The summed E-state index contributed by atoms with van der Waals surface area (Å²) in [6, 6.07) is 79.5. The molecule has 2 aromatic heterocycles. The number of rotatable bonds is 7. The number of anilines is 6. The first-order chi connectivity index (χ1) is 42.1. The topological polar surface area (TPSA) is 54.4 Å². The van der Waals surface area contributed by atoms with Crippen LogP contribution in [0.1, 0.15) is 105 Å². The molecule has 430 valence electrons. The van der Waals surface area contributed by atoms with Crippen LogP contribution < -0.4 is 26.2 Å². The van der Waals surface area contributed by atoms with Gasteiger partial charge in [-0.1, -0.05) is 217 Å². The fraction of sp³-hybridized carbons (Fsp3) is 0.200. The molecule has 0 amide bonds. The van der Waals surface area contributed by atoms with E-state index >= 15 is 0 Å². The Morgan fingerprint density at radius 1 is 0.341 bits per heavy atom. The number of aromatic nitrogens is 4. The monoisotopic (exact) mass is 1140 g/mol. The number of para-hydroxylation sites is 3. The maximum atomic E-state index is 8.47. The van der Waals surface area contributed by atoms with Crippen molar-refractivity contribution in [1.82, 2.24) is 19.5 Å². The third-order valence-electron chi connectivity index (χ3n) is 18.0. The van der Waals surface area contributed by atoms with Gasteiger partial charge in [-0.05, 0) is 156 Å². The molecule has 12 aromatic rings. The van der Waals surface area contributed by atoms with Crippen molar-refractivity contribution < 1.29 is 0 Å². The second kappa shape index (κ2) is 20.7. The molecule has 8 heteroatoms. The van der Waals surface area contributed by atoms with Gasteiger partial charge in [0.2, 0.25) is 0 Å². The van der Waals surface area contributed by atoms with Crippen molar-refractivity contribution in [3.05, 3.63) is 252 Å². The van der Waals surface area contributed by atoms with E-state index in [0.717, 1.165) is 66.7 Å². The average Bonchev–Trinajstić information content (AvgIpc) is 0.773. The van der Waals surface area contributed by atoms with Crippen molar-refractivity contribution in [1.29, 1.82) is 0 Å². The van der Waals surface area contributed by atoms with Crippen LogP contribution in [0.4, 0.5) is 39.8 Å². The van der Waals surface area contributed by atoms with Crippen LogP contribution in [0.2, 0.25) is 0 Å². The van der Waals surface area contributed by atoms with E-state index in [0.29, 0.717) is 23.2 Å². The zero-order chi connectivity index (χ0) is 61.2. The number of fused-ring (bicyclic) bond motifs is 7. The predicted octanol–water partition coefficient (Wildman–Crippen LogP) is 19.5. The Morgan fingerprint density at radius 2 is 0.773 bits per heavy atom. The first-order valence-corrected chi connectivity index (χ1v) is 30.8. The largest absolute Gasteiger partial charge is 0.311 e. The van der Waals surface area contributed by atoms with E-state index in [-0.39, 0.29) is 28.4 Å². The number of hydrogen-bond donors (Lipinski definition) is 0. The van der Waals surface area contributed by atoms with Crippen LogP contribution in [0.3, 0.4) is 0 Å². The molecule has 0 fully saturated rings. The highest BCUT2D eigenvalue weighted by molar-refractivity contribution is 7.00. The molecule has 0 N–H and O–H groups in total. The number of nitrogens with zero attached hydrogens (tertiary/aromatic N) is 7. The van der Waals surface area contributed by atoms with Crippen LogP contribution in [-0.2, 0) is 21.7 Å². The zero-order valence-corrected chi connectivity index (χ0v) is 52.5. The molecule has 0 radical (unpaired) electrons. The smallest absolute Gasteiger partial charge is 0.252 e. The van der Waals surface area contributed by atoms with Crippen LogP contribution >= 0.6 is 0 Å². The Labute approximate surface area is 519 Å². The Balaban J connectivity index is 1.02. The van der Waals surface area contributed by atoms with Crippen LogP contribution in [-0.4, -0.2) is 26.2 Å². The van der Waals surface area contributed by atoms with Gasteiger partial charge in [-0.2, -0.15) is 0 Å². The molecular formula is C80H72BN7. The summed E-state index contributed by atoms with van der Waals surface area (Å²) < 4.78 is 2.30. The average molecular weight is 1140 g/mol. The van der Waals surface area contributed by atoms with Gasteiger partial charge in [0.05, 0.1) is 17.6 Å². The standard InChI is InChI=1S/C80H72BN7/c1-77(2,3)55-43-56(78(4,5)6)46-61(45-55)87-69-34-24-21-31-65(69)81-66-32-22-25-35-70(66)88(62-47-57(79(7,8)9)44-58(48-62)80(10,11)12)72-42-53(41-71(87)73(72)81)52-36-37-68-64(40-52)63-30-20-23-33-67(63)86(68)60-39-54(38-59(49-60)82-13)76-84-74(50-26-16-14-17-27-50)83-75(85-76)51-28-18-15-19-29-51/h14-49H,1-12H3. The van der Waals surface area contributed by atoms with Crippen molar-refractivity contribution in [3.63, 3.8) is 0 Å². The molecule has 0 saturated carbocycles. The van der Waals surface area contributed by atoms with Gasteiger partial charge < -0.3 is 14.4 Å². The summed E-state index contributed by atoms with van der Waals surface area (Å²) in [5.41, 5.74) is 23.8. The minimum atomic E-state index is -0.105. The van der Waals surface area contributed by atoms with E-state index in [9.17, 15) is 0 Å². The van der Waals surface area contributed by atoms with E-state index in [1.54, 1.807) is 0 Å². The van der Waals surface area contributed by atoms with Gasteiger partial charge >= 0.3 is 0 Å². The maximum absolute atomic E-state index is 8.47. The third-order valence-corrected chi connectivity index (χ3v) is 18.0. The van der Waals surface area contributed by atoms with Gasteiger partial charge in [-0.15, -0.1) is 0 Å². The van der Waals surface area contributed by atoms with Crippen LogP contribution in [0.25, 0.3) is 77.6 Å². The minimum Gasteiger partial charge on any atom is -0.311 e. The molecule has 4 heterocycles. The maximum Gasteiger partial charge on any atom is 0.252 e. The molecule has 10 aromatic carbocycles. The van der Waals surface area contributed by atoms with Crippen molar-refractivity contribution in [2.24, 2.45) is 0 Å². The van der Waals surface area contributed by atoms with Crippen LogP contribution in [0.15, 0.2) is 218 Å². The summed E-state index contributed by atoms with van der Waals surface area (Å²) in [4.78, 5) is 24.5. The molecule has 88 heavy (non-hydrogen) atoms. The summed E-state index contributed by atoms with van der Waals surface area (Å²) in [5.74, 6) is 1.63. The van der Waals surface area contributed by atoms with Gasteiger partial charge in [-0.25, -0.2) is 19.8 Å². The summed E-state index contributed by atoms with van der Waals surface area (Å²) in [7, 11) is 0. The lowest BCUT2D eigenvalue weighted by molar-refractivity contribution is 0.568. The summed E-state index contributed by atoms with van der Waals surface area (Å²) in [6.07, 6.45) is 0. The molecule has 0 spiro atoms. The van der Waals surface area contributed by atoms with Gasteiger partial charge in [0.25, 0.3) is 6.71 Å². The summed E-state index contributed by atoms with van der Waals surface area (Å²) >= 11 is 0. The lowest BCUT2D eigenvalue weighted by Gasteiger charge is -2.45. The fourth-order valence-electron chi connectivity index (χ4n) is 13.1. The summed E-state index contributed by atoms with van der Waals surface area (Å²) in [5, 5.41) is 2.22. The first kappa shape index (κ1) is 56.0. The molecule has 0 atom stereocenters. The van der Waals surface area contributed by atoms with Crippen LogP contribution in [0, 0.1) is 6.57 Å². The number of benzene rings is 10. The Bertz CT molecular complexity index is 4540. The van der Waals surface area contributed by atoms with Gasteiger partial charge in [0, 0.05) is 67.3 Å². The van der Waals surface area contributed by atoms with Crippen molar-refractivity contribution in [2.45, 2.75) is 105 Å². The van der Waals surface area contributed by atoms with E-state index in [4.69, 9.17) is 21.5 Å². The molecule has 0 aliphatic carbocycles. The lowest BCUT2D eigenvalue weighted by Crippen LogP contribution is -2.61. The van der Waals surface area contributed by atoms with E-state index < -0.39 is 0 Å². The van der Waals surface area contributed by atoms with Crippen molar-refractivity contribution in [3.8, 4) is 51.0 Å². The normalized spacial score (nSPS) is 13.1. The van der Waals surface area contributed by atoms with Gasteiger partial charge in [0.1, 0.15) is 0 Å². The Kier molecular flexibility index (Phi) is 13.2. The SMILES string of the molecule is [C-]#[N+]c1cc(-c2nc(-c3ccccc3)nc(-c3ccccc3)n2)cc(-n2c3ccccc3c3cc(-c4cc5c6c(c4)N(c4cc(C(C)(C)C)cc(C(C)(C)C)c4)c4ccccc4B6c4ccccc4N5c4cc(C(C)(C)C)cc(C(C)(C)C)c4)ccc32)c1. The third kappa shape index (κ3) is 9.74. The molecule has 7 nitrogen and oxygen atoms in total. The Morgan fingerprint density at radius 3 is 1.25 bits per heavy atom. The van der Waals surface area contributed by atoms with E-state index in [1.165, 1.54) is 61.4 Å². The first-order valence-electron chi connectivity index (χ1n) is 30.8. The van der Waals surface area contributed by atoms with Gasteiger partial charge in [0.15, 0.2) is 23.2 Å².